The Labute approximate surface area is 137 Å². The van der Waals surface area contributed by atoms with Gasteiger partial charge in [0.15, 0.2) is 5.78 Å². The molecule has 2 aromatic rings. The van der Waals surface area contributed by atoms with Gasteiger partial charge in [-0.25, -0.2) is 0 Å². The van der Waals surface area contributed by atoms with Crippen LogP contribution in [0.15, 0.2) is 41.3 Å². The minimum atomic E-state index is -4.39. The van der Waals surface area contributed by atoms with E-state index in [1.807, 2.05) is 0 Å². The molecule has 0 aliphatic heterocycles. The van der Waals surface area contributed by atoms with Gasteiger partial charge in [0.05, 0.1) is 17.6 Å². The van der Waals surface area contributed by atoms with Gasteiger partial charge in [-0.15, -0.1) is 0 Å². The van der Waals surface area contributed by atoms with Gasteiger partial charge in [-0.1, -0.05) is 23.2 Å². The number of halogens is 2. The summed E-state index contributed by atoms with van der Waals surface area (Å²) < 4.78 is 36.3. The van der Waals surface area contributed by atoms with E-state index in [0.29, 0.717) is 10.0 Å². The Kier molecular flexibility index (Phi) is 4.77. The van der Waals surface area contributed by atoms with E-state index in [4.69, 9.17) is 32.5 Å². The summed E-state index contributed by atoms with van der Waals surface area (Å²) >= 11 is 11.7. The van der Waals surface area contributed by atoms with E-state index >= 15 is 0 Å². The van der Waals surface area contributed by atoms with Crippen LogP contribution < -0.4 is 4.74 Å². The Balaban J connectivity index is 2.54. The Hall–Kier alpha value is -1.60. The van der Waals surface area contributed by atoms with Crippen molar-refractivity contribution in [3.8, 4) is 5.75 Å². The molecule has 0 radical (unpaired) electrons. The quantitative estimate of drug-likeness (QED) is 0.666. The third-order valence-corrected chi connectivity index (χ3v) is 4.13. The second-order valence-corrected chi connectivity index (χ2v) is 6.62. The highest BCUT2D eigenvalue weighted by Crippen LogP contribution is 2.27. The fourth-order valence-electron chi connectivity index (χ4n) is 1.86. The smallest absolute Gasteiger partial charge is 0.294 e. The van der Waals surface area contributed by atoms with Crippen molar-refractivity contribution in [2.24, 2.45) is 0 Å². The van der Waals surface area contributed by atoms with Gasteiger partial charge in [-0.3, -0.25) is 9.35 Å². The Bertz CT molecular complexity index is 826. The van der Waals surface area contributed by atoms with E-state index in [0.717, 1.165) is 12.1 Å². The summed E-state index contributed by atoms with van der Waals surface area (Å²) in [4.78, 5) is 12.1. The lowest BCUT2D eigenvalue weighted by atomic mass is 10.0. The van der Waals surface area contributed by atoms with Crippen molar-refractivity contribution >= 4 is 39.1 Å². The molecule has 0 unspecified atom stereocenters. The van der Waals surface area contributed by atoms with Crippen molar-refractivity contribution in [3.05, 3.63) is 57.6 Å². The van der Waals surface area contributed by atoms with Crippen LogP contribution in [0.2, 0.25) is 10.0 Å². The van der Waals surface area contributed by atoms with Crippen LogP contribution in [0, 0.1) is 0 Å². The number of methoxy groups -OCH3 is 1. The van der Waals surface area contributed by atoms with E-state index in [2.05, 4.69) is 0 Å². The maximum atomic E-state index is 12.5. The zero-order valence-electron chi connectivity index (χ0n) is 11.2. The van der Waals surface area contributed by atoms with Crippen LogP contribution in [-0.2, 0) is 10.1 Å². The molecule has 0 amide bonds. The van der Waals surface area contributed by atoms with Crippen molar-refractivity contribution in [2.45, 2.75) is 4.90 Å². The van der Waals surface area contributed by atoms with E-state index in [1.165, 1.54) is 31.4 Å². The molecule has 0 saturated heterocycles. The molecule has 0 saturated carbocycles. The lowest BCUT2D eigenvalue weighted by molar-refractivity contribution is 0.103. The van der Waals surface area contributed by atoms with Crippen LogP contribution in [0.25, 0.3) is 0 Å². The Morgan fingerprint density at radius 1 is 1.09 bits per heavy atom. The molecule has 0 spiro atoms. The average Bonchev–Trinajstić information content (AvgIpc) is 2.43. The summed E-state index contributed by atoms with van der Waals surface area (Å²) in [6.07, 6.45) is 0. The molecule has 0 aliphatic rings. The first-order valence-corrected chi connectivity index (χ1v) is 8.08. The standard InChI is InChI=1S/C14H10Cl2O5S/c1-21-13-7-11(22(18,19)20)2-3-12(13)14(17)8-4-9(15)6-10(16)5-8/h2-7H,1H3,(H,18,19,20). The van der Waals surface area contributed by atoms with E-state index < -0.39 is 15.9 Å². The van der Waals surface area contributed by atoms with Crippen LogP contribution in [-0.4, -0.2) is 25.9 Å². The van der Waals surface area contributed by atoms with Crippen LogP contribution in [0.3, 0.4) is 0 Å². The van der Waals surface area contributed by atoms with E-state index in [1.54, 1.807) is 0 Å². The highest BCUT2D eigenvalue weighted by Gasteiger charge is 2.19. The van der Waals surface area contributed by atoms with Crippen LogP contribution in [0.1, 0.15) is 15.9 Å². The number of ether oxygens (including phenoxy) is 1. The molecular weight excluding hydrogens is 351 g/mol. The molecule has 0 aromatic heterocycles. The molecule has 0 fully saturated rings. The Morgan fingerprint density at radius 2 is 1.68 bits per heavy atom. The fourth-order valence-corrected chi connectivity index (χ4v) is 2.88. The van der Waals surface area contributed by atoms with Crippen molar-refractivity contribution in [2.75, 3.05) is 7.11 Å². The van der Waals surface area contributed by atoms with Crippen molar-refractivity contribution in [1.82, 2.24) is 0 Å². The molecule has 0 bridgehead atoms. The molecule has 2 rings (SSSR count). The van der Waals surface area contributed by atoms with Gasteiger partial charge in [0, 0.05) is 21.7 Å². The fraction of sp³-hybridized carbons (Fsp3) is 0.0714. The lowest BCUT2D eigenvalue weighted by Crippen LogP contribution is -2.06. The van der Waals surface area contributed by atoms with Crippen molar-refractivity contribution in [3.63, 3.8) is 0 Å². The predicted octanol–water partition coefficient (Wildman–Crippen LogP) is 3.48. The highest BCUT2D eigenvalue weighted by molar-refractivity contribution is 7.85. The third-order valence-electron chi connectivity index (χ3n) is 2.84. The second-order valence-electron chi connectivity index (χ2n) is 4.32. The van der Waals surface area contributed by atoms with E-state index in [9.17, 15) is 13.2 Å². The topological polar surface area (TPSA) is 80.7 Å². The van der Waals surface area contributed by atoms with Crippen LogP contribution in [0.4, 0.5) is 0 Å². The molecule has 0 aliphatic carbocycles. The van der Waals surface area contributed by atoms with Gasteiger partial charge < -0.3 is 4.74 Å². The van der Waals surface area contributed by atoms with E-state index in [-0.39, 0.29) is 21.8 Å². The number of carbonyl (C=O) groups is 1. The molecule has 22 heavy (non-hydrogen) atoms. The number of rotatable bonds is 4. The molecule has 116 valence electrons. The largest absolute Gasteiger partial charge is 0.496 e. The minimum Gasteiger partial charge on any atom is -0.496 e. The molecule has 0 atom stereocenters. The number of hydrogen-bond acceptors (Lipinski definition) is 4. The van der Waals surface area contributed by atoms with Gasteiger partial charge in [0.1, 0.15) is 5.75 Å². The highest BCUT2D eigenvalue weighted by atomic mass is 35.5. The zero-order chi connectivity index (χ0) is 16.5. The lowest BCUT2D eigenvalue weighted by Gasteiger charge is -2.09. The number of carbonyl (C=O) groups excluding carboxylic acids is 1. The molecule has 8 heteroatoms. The van der Waals surface area contributed by atoms with Gasteiger partial charge in [0.2, 0.25) is 0 Å². The SMILES string of the molecule is COc1cc(S(=O)(=O)O)ccc1C(=O)c1cc(Cl)cc(Cl)c1. The van der Waals surface area contributed by atoms with Gasteiger partial charge >= 0.3 is 0 Å². The van der Waals surface area contributed by atoms with Gasteiger partial charge in [-0.2, -0.15) is 8.42 Å². The van der Waals surface area contributed by atoms with Crippen molar-refractivity contribution < 1.29 is 22.5 Å². The molecule has 2 aromatic carbocycles. The zero-order valence-corrected chi connectivity index (χ0v) is 13.5. The summed E-state index contributed by atoms with van der Waals surface area (Å²) in [5.74, 6) is -0.431. The molecular formula is C14H10Cl2O5S. The summed E-state index contributed by atoms with van der Waals surface area (Å²) in [6, 6.07) is 7.78. The summed E-state index contributed by atoms with van der Waals surface area (Å²) in [6.45, 7) is 0. The monoisotopic (exact) mass is 360 g/mol. The van der Waals surface area contributed by atoms with Crippen molar-refractivity contribution in [1.29, 1.82) is 0 Å². The Morgan fingerprint density at radius 3 is 2.18 bits per heavy atom. The maximum Gasteiger partial charge on any atom is 0.294 e. The normalized spacial score (nSPS) is 11.3. The summed E-state index contributed by atoms with van der Waals surface area (Å²) in [7, 11) is -3.11. The second kappa shape index (κ2) is 6.26. The van der Waals surface area contributed by atoms with Gasteiger partial charge in [0.25, 0.3) is 10.1 Å². The minimum absolute atomic E-state index is 0.0104. The van der Waals surface area contributed by atoms with Crippen LogP contribution in [0.5, 0.6) is 5.75 Å². The van der Waals surface area contributed by atoms with Crippen LogP contribution >= 0.6 is 23.2 Å². The summed E-state index contributed by atoms with van der Waals surface area (Å²) in [5.41, 5.74) is 0.351. The average molecular weight is 361 g/mol. The number of hydrogen-bond donors (Lipinski definition) is 1. The maximum absolute atomic E-state index is 12.5. The molecule has 1 N–H and O–H groups in total. The van der Waals surface area contributed by atoms with Gasteiger partial charge in [-0.05, 0) is 30.3 Å². The first-order chi connectivity index (χ1) is 10.2. The summed E-state index contributed by atoms with van der Waals surface area (Å²) in [5, 5.41) is 0.591. The predicted molar refractivity (Wildman–Crippen MR) is 82.7 cm³/mol. The first kappa shape index (κ1) is 16.8. The first-order valence-electron chi connectivity index (χ1n) is 5.88. The molecule has 5 nitrogen and oxygen atoms in total. The number of benzene rings is 2. The third kappa shape index (κ3) is 3.59. The number of ketones is 1. The molecule has 0 heterocycles.